The number of aliphatic hydroxyl groups is 2. The molecule has 1 heterocycles. The molecule has 0 aromatic heterocycles. The largest absolute Gasteiger partial charge is 0.508 e. The predicted molar refractivity (Wildman–Crippen MR) is 102 cm³/mol. The molecule has 3 rings (SSSR count). The Morgan fingerprint density at radius 3 is 1.81 bits per heavy atom. The molecule has 2 unspecified atom stereocenters. The fraction of sp³-hybridized carbons (Fsp3) is 0.429. The molecule has 1 fully saturated rings. The van der Waals surface area contributed by atoms with Crippen molar-refractivity contribution in [2.75, 3.05) is 26.4 Å². The number of aliphatic hydroxyl groups excluding tert-OH is 2. The summed E-state index contributed by atoms with van der Waals surface area (Å²) in [4.78, 5) is 0. The van der Waals surface area contributed by atoms with E-state index in [4.69, 9.17) is 19.7 Å². The van der Waals surface area contributed by atoms with Crippen LogP contribution in [0.4, 0.5) is 0 Å². The molecule has 0 amide bonds. The summed E-state index contributed by atoms with van der Waals surface area (Å²) >= 11 is 0. The molecule has 0 spiro atoms. The van der Waals surface area contributed by atoms with Gasteiger partial charge in [-0.3, -0.25) is 0 Å². The Morgan fingerprint density at radius 2 is 1.44 bits per heavy atom. The number of benzene rings is 2. The maximum atomic E-state index is 9.30. The van der Waals surface area contributed by atoms with Crippen LogP contribution in [0, 0.1) is 0 Å². The zero-order valence-electron chi connectivity index (χ0n) is 15.7. The first-order valence-corrected chi connectivity index (χ1v) is 8.90. The fourth-order valence-electron chi connectivity index (χ4n) is 2.48. The van der Waals surface area contributed by atoms with Crippen molar-refractivity contribution in [2.24, 2.45) is 0 Å². The molecular weight excluding hydrogens is 348 g/mol. The Balaban J connectivity index is 0.000000223. The quantitative estimate of drug-likeness (QED) is 0.553. The van der Waals surface area contributed by atoms with Crippen LogP contribution >= 0.6 is 0 Å². The average Bonchev–Trinajstić information content (AvgIpc) is 3.47. The van der Waals surface area contributed by atoms with E-state index in [-0.39, 0.29) is 36.2 Å². The van der Waals surface area contributed by atoms with Gasteiger partial charge in [0.2, 0.25) is 0 Å². The summed E-state index contributed by atoms with van der Waals surface area (Å²) < 4.78 is 9.83. The van der Waals surface area contributed by atoms with E-state index >= 15 is 0 Å². The van der Waals surface area contributed by atoms with Crippen LogP contribution in [-0.4, -0.2) is 59.1 Å². The molecule has 148 valence electrons. The first-order valence-electron chi connectivity index (χ1n) is 8.90. The molecular formula is C21H28O6. The van der Waals surface area contributed by atoms with E-state index in [1.807, 2.05) is 24.3 Å². The van der Waals surface area contributed by atoms with Gasteiger partial charge in [-0.15, -0.1) is 0 Å². The van der Waals surface area contributed by atoms with Crippen molar-refractivity contribution in [2.45, 2.75) is 31.5 Å². The topological polar surface area (TPSA) is 103 Å². The molecule has 6 nitrogen and oxygen atoms in total. The van der Waals surface area contributed by atoms with Gasteiger partial charge in [-0.25, -0.2) is 0 Å². The van der Waals surface area contributed by atoms with Crippen LogP contribution in [0.3, 0.4) is 0 Å². The molecule has 0 radical (unpaired) electrons. The summed E-state index contributed by atoms with van der Waals surface area (Å²) in [5, 5.41) is 35.7. The summed E-state index contributed by atoms with van der Waals surface area (Å²) in [6.45, 7) is 5.46. The zero-order valence-corrected chi connectivity index (χ0v) is 15.7. The van der Waals surface area contributed by atoms with E-state index < -0.39 is 6.10 Å². The summed E-state index contributed by atoms with van der Waals surface area (Å²) in [5.41, 5.74) is 2.10. The van der Waals surface area contributed by atoms with Gasteiger partial charge in [0.1, 0.15) is 23.7 Å². The van der Waals surface area contributed by atoms with Crippen molar-refractivity contribution in [3.8, 4) is 11.5 Å². The average molecular weight is 376 g/mol. The molecule has 2 aromatic rings. The van der Waals surface area contributed by atoms with Gasteiger partial charge in [0.25, 0.3) is 0 Å². The van der Waals surface area contributed by atoms with E-state index in [1.165, 1.54) is 0 Å². The summed E-state index contributed by atoms with van der Waals surface area (Å²) in [7, 11) is 0. The van der Waals surface area contributed by atoms with E-state index in [0.717, 1.165) is 17.7 Å². The lowest BCUT2D eigenvalue weighted by Gasteiger charge is -2.26. The number of phenolic OH excluding ortho intramolecular Hbond substituents is 2. The fourth-order valence-corrected chi connectivity index (χ4v) is 2.48. The van der Waals surface area contributed by atoms with Gasteiger partial charge in [0.15, 0.2) is 0 Å². The highest BCUT2D eigenvalue weighted by Crippen LogP contribution is 2.32. The second-order valence-corrected chi connectivity index (χ2v) is 7.05. The third kappa shape index (κ3) is 6.84. The van der Waals surface area contributed by atoms with Crippen molar-refractivity contribution in [1.29, 1.82) is 0 Å². The molecule has 27 heavy (non-hydrogen) atoms. The lowest BCUT2D eigenvalue weighted by atomic mass is 9.78. The smallest absolute Gasteiger partial charge is 0.115 e. The third-order valence-electron chi connectivity index (χ3n) is 4.41. The van der Waals surface area contributed by atoms with Crippen molar-refractivity contribution in [3.63, 3.8) is 0 Å². The van der Waals surface area contributed by atoms with Gasteiger partial charge in [0, 0.05) is 5.41 Å². The van der Waals surface area contributed by atoms with Crippen LogP contribution in [0.5, 0.6) is 11.5 Å². The molecule has 4 N–H and O–H groups in total. The standard InChI is InChI=1S/C15H16O2.C6H12O4/c1-15(2,11-3-7-13(16)8-4-11)12-5-9-14(17)10-6-12;7-1-5(8)2-9-3-6-4-10-6/h3-10,16-17H,1-2H3;5-8H,1-4H2. The van der Waals surface area contributed by atoms with Crippen molar-refractivity contribution in [1.82, 2.24) is 0 Å². The number of rotatable bonds is 7. The number of epoxide rings is 1. The minimum atomic E-state index is -0.751. The van der Waals surface area contributed by atoms with E-state index in [9.17, 15) is 10.2 Å². The van der Waals surface area contributed by atoms with Crippen LogP contribution in [0.2, 0.25) is 0 Å². The molecule has 0 saturated carbocycles. The molecule has 2 aromatic carbocycles. The highest BCUT2D eigenvalue weighted by Gasteiger charge is 2.23. The second-order valence-electron chi connectivity index (χ2n) is 7.05. The SMILES string of the molecule is CC(C)(c1ccc(O)cc1)c1ccc(O)cc1.OCC(O)COCC1CO1. The maximum absolute atomic E-state index is 9.30. The third-order valence-corrected chi connectivity index (χ3v) is 4.41. The monoisotopic (exact) mass is 376 g/mol. The number of hydrogen-bond acceptors (Lipinski definition) is 6. The van der Waals surface area contributed by atoms with Crippen LogP contribution in [0.15, 0.2) is 48.5 Å². The van der Waals surface area contributed by atoms with Crippen molar-refractivity contribution in [3.05, 3.63) is 59.7 Å². The minimum absolute atomic E-state index is 0.151. The first-order chi connectivity index (χ1) is 12.8. The Kier molecular flexibility index (Phi) is 7.62. The molecule has 1 aliphatic heterocycles. The molecule has 2 atom stereocenters. The summed E-state index contributed by atoms with van der Waals surface area (Å²) in [5.74, 6) is 0.547. The van der Waals surface area contributed by atoms with E-state index in [0.29, 0.717) is 6.61 Å². The Hall–Kier alpha value is -2.12. The minimum Gasteiger partial charge on any atom is -0.508 e. The van der Waals surface area contributed by atoms with Gasteiger partial charge < -0.3 is 29.9 Å². The van der Waals surface area contributed by atoms with Gasteiger partial charge in [0.05, 0.1) is 26.4 Å². The lowest BCUT2D eigenvalue weighted by Crippen LogP contribution is -2.20. The molecule has 6 heteroatoms. The molecule has 1 aliphatic rings. The van der Waals surface area contributed by atoms with Gasteiger partial charge in [-0.1, -0.05) is 38.1 Å². The Bertz CT molecular complexity index is 629. The predicted octanol–water partition coefficient (Wildman–Crippen LogP) is 2.18. The number of aromatic hydroxyl groups is 2. The highest BCUT2D eigenvalue weighted by atomic mass is 16.6. The Labute approximate surface area is 159 Å². The molecule has 0 aliphatic carbocycles. The van der Waals surface area contributed by atoms with Gasteiger partial charge in [-0.2, -0.15) is 0 Å². The summed E-state index contributed by atoms with van der Waals surface area (Å²) in [6.07, 6.45) is -0.523. The van der Waals surface area contributed by atoms with Crippen molar-refractivity contribution < 1.29 is 29.9 Å². The van der Waals surface area contributed by atoms with Crippen molar-refractivity contribution >= 4 is 0 Å². The Morgan fingerprint density at radius 1 is 1.00 bits per heavy atom. The highest BCUT2D eigenvalue weighted by molar-refractivity contribution is 5.41. The lowest BCUT2D eigenvalue weighted by molar-refractivity contribution is 0.00216. The van der Waals surface area contributed by atoms with E-state index in [1.54, 1.807) is 24.3 Å². The van der Waals surface area contributed by atoms with Gasteiger partial charge >= 0.3 is 0 Å². The number of ether oxygens (including phenoxy) is 2. The molecule has 1 saturated heterocycles. The normalized spacial score (nSPS) is 17.0. The first kappa shape index (κ1) is 21.2. The number of phenols is 2. The molecule has 0 bridgehead atoms. The van der Waals surface area contributed by atoms with E-state index in [2.05, 4.69) is 13.8 Å². The van der Waals surface area contributed by atoms with Crippen LogP contribution in [-0.2, 0) is 14.9 Å². The zero-order chi connectivity index (χ0) is 19.9. The maximum Gasteiger partial charge on any atom is 0.115 e. The van der Waals surface area contributed by atoms with Crippen LogP contribution in [0.25, 0.3) is 0 Å². The second kappa shape index (κ2) is 9.71. The van der Waals surface area contributed by atoms with Gasteiger partial charge in [-0.05, 0) is 35.4 Å². The summed E-state index contributed by atoms with van der Waals surface area (Å²) in [6, 6.07) is 14.4. The number of hydrogen-bond donors (Lipinski definition) is 4. The van der Waals surface area contributed by atoms with Crippen LogP contribution < -0.4 is 0 Å². The van der Waals surface area contributed by atoms with Crippen LogP contribution in [0.1, 0.15) is 25.0 Å².